The Bertz CT molecular complexity index is 460. The maximum atomic E-state index is 12.0. The van der Waals surface area contributed by atoms with Gasteiger partial charge in [-0.25, -0.2) is 0 Å². The van der Waals surface area contributed by atoms with Crippen molar-refractivity contribution in [2.75, 3.05) is 0 Å². The molecule has 1 amide bonds. The first-order valence-corrected chi connectivity index (χ1v) is 8.65. The van der Waals surface area contributed by atoms with E-state index in [1.165, 1.54) is 24.6 Å². The Balaban J connectivity index is 1.83. The molecule has 1 N–H and O–H groups in total. The number of rotatable bonds is 5. The summed E-state index contributed by atoms with van der Waals surface area (Å²) in [5.74, 6) is 1.46. The van der Waals surface area contributed by atoms with Crippen LogP contribution >= 0.6 is 11.8 Å². The minimum Gasteiger partial charge on any atom is -0.491 e. The molecule has 116 valence electrons. The molecule has 0 aliphatic heterocycles. The van der Waals surface area contributed by atoms with Gasteiger partial charge in [0.2, 0.25) is 0 Å². The van der Waals surface area contributed by atoms with Gasteiger partial charge in [0.05, 0.1) is 6.10 Å². The zero-order valence-electron chi connectivity index (χ0n) is 13.1. The van der Waals surface area contributed by atoms with Crippen LogP contribution in [0.1, 0.15) is 46.5 Å². The molecule has 3 nitrogen and oxygen atoms in total. The molecule has 0 bridgehead atoms. The topological polar surface area (TPSA) is 38.3 Å². The number of benzene rings is 1. The molecule has 0 aromatic heterocycles. The Morgan fingerprint density at radius 1 is 1.38 bits per heavy atom. The van der Waals surface area contributed by atoms with Crippen molar-refractivity contribution in [3.8, 4) is 5.75 Å². The largest absolute Gasteiger partial charge is 0.491 e. The molecule has 21 heavy (non-hydrogen) atoms. The summed E-state index contributed by atoms with van der Waals surface area (Å²) in [4.78, 5) is 13.0. The SMILES string of the molecule is CC[C@H](C)Oc1ccc(SC(=O)NC2CCCC2C)cc1. The lowest BCUT2D eigenvalue weighted by molar-refractivity contribution is 0.217. The lowest BCUT2D eigenvalue weighted by atomic mass is 10.1. The molecular weight excluding hydrogens is 282 g/mol. The normalized spacial score (nSPS) is 22.8. The summed E-state index contributed by atoms with van der Waals surface area (Å²) < 4.78 is 5.74. The average molecular weight is 307 g/mol. The molecule has 1 aliphatic rings. The van der Waals surface area contributed by atoms with Gasteiger partial charge in [-0.3, -0.25) is 4.79 Å². The van der Waals surface area contributed by atoms with E-state index in [1.54, 1.807) is 0 Å². The quantitative estimate of drug-likeness (QED) is 0.790. The number of ether oxygens (including phenoxy) is 1. The fourth-order valence-electron chi connectivity index (χ4n) is 2.55. The minimum atomic E-state index is 0.0457. The summed E-state index contributed by atoms with van der Waals surface area (Å²) >= 11 is 1.26. The van der Waals surface area contributed by atoms with Crippen molar-refractivity contribution in [2.24, 2.45) is 5.92 Å². The molecule has 1 aliphatic carbocycles. The number of carbonyl (C=O) groups excluding carboxylic acids is 1. The van der Waals surface area contributed by atoms with Gasteiger partial charge in [-0.1, -0.05) is 20.3 Å². The van der Waals surface area contributed by atoms with Crippen LogP contribution < -0.4 is 10.1 Å². The van der Waals surface area contributed by atoms with Crippen LogP contribution in [0, 0.1) is 5.92 Å². The molecule has 0 saturated heterocycles. The van der Waals surface area contributed by atoms with Gasteiger partial charge in [0, 0.05) is 10.9 Å². The summed E-state index contributed by atoms with van der Waals surface area (Å²) in [7, 11) is 0. The number of thioether (sulfide) groups is 1. The highest BCUT2D eigenvalue weighted by Gasteiger charge is 2.24. The minimum absolute atomic E-state index is 0.0457. The molecule has 4 heteroatoms. The predicted octanol–water partition coefficient (Wildman–Crippen LogP) is 4.85. The van der Waals surface area contributed by atoms with Crippen molar-refractivity contribution in [3.05, 3.63) is 24.3 Å². The molecule has 1 saturated carbocycles. The Kier molecular flexibility index (Phi) is 5.97. The fourth-order valence-corrected chi connectivity index (χ4v) is 3.25. The van der Waals surface area contributed by atoms with Gasteiger partial charge >= 0.3 is 0 Å². The van der Waals surface area contributed by atoms with E-state index in [1.807, 2.05) is 24.3 Å². The number of hydrogen-bond acceptors (Lipinski definition) is 3. The predicted molar refractivity (Wildman–Crippen MR) is 88.0 cm³/mol. The maximum absolute atomic E-state index is 12.0. The van der Waals surface area contributed by atoms with E-state index in [0.717, 1.165) is 23.5 Å². The molecule has 2 rings (SSSR count). The fraction of sp³-hybridized carbons (Fsp3) is 0.588. The van der Waals surface area contributed by atoms with E-state index in [9.17, 15) is 4.79 Å². The van der Waals surface area contributed by atoms with Crippen molar-refractivity contribution in [3.63, 3.8) is 0 Å². The molecule has 0 radical (unpaired) electrons. The molecule has 1 fully saturated rings. The van der Waals surface area contributed by atoms with Crippen molar-refractivity contribution < 1.29 is 9.53 Å². The molecule has 3 atom stereocenters. The first kappa shape index (κ1) is 16.2. The standard InChI is InChI=1S/C17H25NO2S/c1-4-13(3)20-14-8-10-15(11-9-14)21-17(19)18-16-7-5-6-12(16)2/h8-13,16H,4-7H2,1-3H3,(H,18,19)/t12?,13-,16?/m0/s1. The molecule has 0 heterocycles. The van der Waals surface area contributed by atoms with Gasteiger partial charge in [0.15, 0.2) is 0 Å². The van der Waals surface area contributed by atoms with Gasteiger partial charge in [0.1, 0.15) is 5.75 Å². The maximum Gasteiger partial charge on any atom is 0.284 e. The van der Waals surface area contributed by atoms with Crippen LogP contribution in [0.15, 0.2) is 29.2 Å². The summed E-state index contributed by atoms with van der Waals surface area (Å²) in [6, 6.07) is 8.10. The summed E-state index contributed by atoms with van der Waals surface area (Å²) in [5.41, 5.74) is 0. The van der Waals surface area contributed by atoms with Crippen molar-refractivity contribution in [1.82, 2.24) is 5.32 Å². The Hall–Kier alpha value is -1.16. The lowest BCUT2D eigenvalue weighted by Crippen LogP contribution is -2.33. The smallest absolute Gasteiger partial charge is 0.284 e. The summed E-state index contributed by atoms with van der Waals surface area (Å²) in [5, 5.41) is 3.17. The Labute approximate surface area is 131 Å². The second kappa shape index (κ2) is 7.74. The first-order valence-electron chi connectivity index (χ1n) is 7.83. The van der Waals surface area contributed by atoms with Crippen molar-refractivity contribution in [2.45, 2.75) is 63.5 Å². The van der Waals surface area contributed by atoms with Gasteiger partial charge in [-0.2, -0.15) is 0 Å². The second-order valence-electron chi connectivity index (χ2n) is 5.86. The summed E-state index contributed by atoms with van der Waals surface area (Å²) in [6.07, 6.45) is 4.75. The van der Waals surface area contributed by atoms with Gasteiger partial charge < -0.3 is 10.1 Å². The molecular formula is C17H25NO2S. The highest BCUT2D eigenvalue weighted by Crippen LogP contribution is 2.27. The van der Waals surface area contributed by atoms with Crippen LogP contribution in [0.2, 0.25) is 0 Å². The number of hydrogen-bond donors (Lipinski definition) is 1. The lowest BCUT2D eigenvalue weighted by Gasteiger charge is -2.17. The third kappa shape index (κ3) is 4.95. The highest BCUT2D eigenvalue weighted by molar-refractivity contribution is 8.13. The third-order valence-corrected chi connectivity index (χ3v) is 4.92. The Morgan fingerprint density at radius 3 is 2.67 bits per heavy atom. The van der Waals surface area contributed by atoms with E-state index in [4.69, 9.17) is 4.74 Å². The van der Waals surface area contributed by atoms with E-state index < -0.39 is 0 Å². The van der Waals surface area contributed by atoms with E-state index >= 15 is 0 Å². The van der Waals surface area contributed by atoms with Gasteiger partial charge in [-0.05, 0) is 68.1 Å². The zero-order chi connectivity index (χ0) is 15.2. The van der Waals surface area contributed by atoms with Crippen LogP contribution in [-0.2, 0) is 0 Å². The van der Waals surface area contributed by atoms with Crippen LogP contribution in [0.5, 0.6) is 5.75 Å². The van der Waals surface area contributed by atoms with Crippen molar-refractivity contribution >= 4 is 17.0 Å². The first-order chi connectivity index (χ1) is 10.1. The summed E-state index contributed by atoms with van der Waals surface area (Å²) in [6.45, 7) is 6.37. The van der Waals surface area contributed by atoms with Crippen LogP contribution in [0.4, 0.5) is 4.79 Å². The van der Waals surface area contributed by atoms with Gasteiger partial charge in [-0.15, -0.1) is 0 Å². The highest BCUT2D eigenvalue weighted by atomic mass is 32.2. The average Bonchev–Trinajstić information content (AvgIpc) is 2.86. The molecule has 0 spiro atoms. The van der Waals surface area contributed by atoms with Crippen LogP contribution in [0.25, 0.3) is 0 Å². The van der Waals surface area contributed by atoms with Crippen LogP contribution in [0.3, 0.4) is 0 Å². The third-order valence-electron chi connectivity index (χ3n) is 4.11. The second-order valence-corrected chi connectivity index (χ2v) is 6.90. The molecule has 2 unspecified atom stereocenters. The van der Waals surface area contributed by atoms with E-state index in [2.05, 4.69) is 26.1 Å². The van der Waals surface area contributed by atoms with Crippen LogP contribution in [-0.4, -0.2) is 17.4 Å². The Morgan fingerprint density at radius 2 is 2.10 bits per heavy atom. The number of nitrogens with one attached hydrogen (secondary N) is 1. The molecule has 1 aromatic carbocycles. The number of carbonyl (C=O) groups is 1. The zero-order valence-corrected chi connectivity index (χ0v) is 13.9. The van der Waals surface area contributed by atoms with E-state index in [-0.39, 0.29) is 11.3 Å². The number of amides is 1. The van der Waals surface area contributed by atoms with Crippen molar-refractivity contribution in [1.29, 1.82) is 0 Å². The van der Waals surface area contributed by atoms with Gasteiger partial charge in [0.25, 0.3) is 5.24 Å². The monoisotopic (exact) mass is 307 g/mol. The van der Waals surface area contributed by atoms with E-state index in [0.29, 0.717) is 12.0 Å². The molecule has 1 aromatic rings.